The molecule has 0 aromatic heterocycles. The molecule has 9 nitrogen and oxygen atoms in total. The number of carbonyl (C=O) groups excluding carboxylic acids is 2. The number of benzene rings is 4. The molecule has 242 valence electrons. The van der Waals surface area contributed by atoms with E-state index in [1.165, 1.54) is 17.0 Å². The van der Waals surface area contributed by atoms with Crippen LogP contribution in [0.2, 0.25) is 0 Å². The van der Waals surface area contributed by atoms with Gasteiger partial charge in [-0.2, -0.15) is 0 Å². The third-order valence-electron chi connectivity index (χ3n) is 7.43. The van der Waals surface area contributed by atoms with E-state index in [4.69, 9.17) is 9.47 Å². The topological polar surface area (TPSA) is 105 Å². The fourth-order valence-corrected chi connectivity index (χ4v) is 6.47. The summed E-state index contributed by atoms with van der Waals surface area (Å²) in [6, 6.07) is 28.8. The second-order valence-corrected chi connectivity index (χ2v) is 12.6. The monoisotopic (exact) mass is 643 g/mol. The van der Waals surface area contributed by atoms with Crippen LogP contribution < -0.4 is 19.1 Å². The Labute approximate surface area is 271 Å². The lowest BCUT2D eigenvalue weighted by Gasteiger charge is -2.34. The number of hydrogen-bond donors (Lipinski definition) is 1. The van der Waals surface area contributed by atoms with Crippen molar-refractivity contribution in [3.63, 3.8) is 0 Å². The van der Waals surface area contributed by atoms with Crippen LogP contribution in [0.25, 0.3) is 0 Å². The van der Waals surface area contributed by atoms with Gasteiger partial charge in [0.2, 0.25) is 11.8 Å². The van der Waals surface area contributed by atoms with Gasteiger partial charge in [0.1, 0.15) is 24.1 Å². The molecule has 2 amide bonds. The number of sulfonamides is 1. The summed E-state index contributed by atoms with van der Waals surface area (Å²) >= 11 is 0. The van der Waals surface area contributed by atoms with Gasteiger partial charge >= 0.3 is 0 Å². The summed E-state index contributed by atoms with van der Waals surface area (Å²) < 4.78 is 40.4. The molecule has 4 aromatic rings. The molecule has 0 spiro atoms. The minimum atomic E-state index is -4.22. The Bertz CT molecular complexity index is 1690. The van der Waals surface area contributed by atoms with Crippen molar-refractivity contribution in [3.05, 3.63) is 120 Å². The quantitative estimate of drug-likeness (QED) is 0.187. The zero-order valence-electron chi connectivity index (χ0n) is 26.7. The van der Waals surface area contributed by atoms with Crippen molar-refractivity contribution in [1.82, 2.24) is 10.2 Å². The van der Waals surface area contributed by atoms with E-state index in [1.807, 2.05) is 63.2 Å². The smallest absolute Gasteiger partial charge is 0.264 e. The van der Waals surface area contributed by atoms with Gasteiger partial charge in [-0.15, -0.1) is 0 Å². The molecule has 0 aliphatic carbocycles. The van der Waals surface area contributed by atoms with E-state index < -0.39 is 28.5 Å². The minimum absolute atomic E-state index is 0.00763. The number of hydrogen-bond acceptors (Lipinski definition) is 6. The Morgan fingerprint density at radius 1 is 0.826 bits per heavy atom. The van der Waals surface area contributed by atoms with Gasteiger partial charge < -0.3 is 19.7 Å². The van der Waals surface area contributed by atoms with Crippen molar-refractivity contribution in [2.24, 2.45) is 0 Å². The predicted octanol–water partition coefficient (Wildman–Crippen LogP) is 5.37. The van der Waals surface area contributed by atoms with Gasteiger partial charge in [-0.05, 0) is 80.4 Å². The molecule has 0 radical (unpaired) electrons. The standard InChI is InChI=1S/C36H41N3O6S/c1-5-37-36(41)34(24-28-11-8-7-9-12-28)38(25-29-13-10-14-32(23-29)44-4)35(40)26-39(30-17-15-27(3)16-18-30)46(42,43)33-21-19-31(20-22-33)45-6-2/h7-23,34H,5-6,24-26H2,1-4H3,(H,37,41). The maximum Gasteiger partial charge on any atom is 0.264 e. The van der Waals surface area contributed by atoms with Crippen LogP contribution in [0.4, 0.5) is 5.69 Å². The molecular formula is C36H41N3O6S. The maximum absolute atomic E-state index is 14.5. The molecule has 4 aromatic carbocycles. The molecule has 0 aliphatic rings. The molecule has 0 saturated carbocycles. The van der Waals surface area contributed by atoms with E-state index in [-0.39, 0.29) is 23.8 Å². The number of likely N-dealkylation sites (N-methyl/N-ethyl adjacent to an activating group) is 1. The maximum atomic E-state index is 14.5. The predicted molar refractivity (Wildman–Crippen MR) is 179 cm³/mol. The third kappa shape index (κ3) is 8.66. The fraction of sp³-hybridized carbons (Fsp3) is 0.278. The van der Waals surface area contributed by atoms with E-state index in [0.717, 1.165) is 21.0 Å². The first kappa shape index (κ1) is 34.1. The summed E-state index contributed by atoms with van der Waals surface area (Å²) in [5.41, 5.74) is 2.85. The Morgan fingerprint density at radius 3 is 2.13 bits per heavy atom. The summed E-state index contributed by atoms with van der Waals surface area (Å²) in [5, 5.41) is 2.87. The molecule has 1 N–H and O–H groups in total. The molecule has 0 fully saturated rings. The van der Waals surface area contributed by atoms with Gasteiger partial charge in [0.25, 0.3) is 10.0 Å². The summed E-state index contributed by atoms with van der Waals surface area (Å²) in [4.78, 5) is 29.6. The lowest BCUT2D eigenvalue weighted by Crippen LogP contribution is -2.53. The van der Waals surface area contributed by atoms with Crippen LogP contribution >= 0.6 is 0 Å². The second kappa shape index (κ2) is 15.9. The molecule has 0 saturated heterocycles. The molecular weight excluding hydrogens is 602 g/mol. The Morgan fingerprint density at radius 2 is 1.50 bits per heavy atom. The van der Waals surface area contributed by atoms with Crippen LogP contribution in [0, 0.1) is 6.92 Å². The number of amides is 2. The van der Waals surface area contributed by atoms with E-state index in [1.54, 1.807) is 55.6 Å². The Kier molecular flexibility index (Phi) is 11.8. The average molecular weight is 644 g/mol. The lowest BCUT2D eigenvalue weighted by molar-refractivity contribution is -0.140. The first-order chi connectivity index (χ1) is 22.2. The fourth-order valence-electron chi connectivity index (χ4n) is 5.06. The summed E-state index contributed by atoms with van der Waals surface area (Å²) in [5.74, 6) is 0.264. The van der Waals surface area contributed by atoms with Crippen molar-refractivity contribution >= 4 is 27.5 Å². The zero-order chi connectivity index (χ0) is 33.1. The number of ether oxygens (including phenoxy) is 2. The van der Waals surface area contributed by atoms with E-state index >= 15 is 0 Å². The SMILES string of the molecule is CCNC(=O)C(Cc1ccccc1)N(Cc1cccc(OC)c1)C(=O)CN(c1ccc(C)cc1)S(=O)(=O)c1ccc(OCC)cc1. The van der Waals surface area contributed by atoms with Crippen molar-refractivity contribution in [1.29, 1.82) is 0 Å². The van der Waals surface area contributed by atoms with Crippen LogP contribution in [0.3, 0.4) is 0 Å². The third-order valence-corrected chi connectivity index (χ3v) is 9.22. The molecule has 46 heavy (non-hydrogen) atoms. The van der Waals surface area contributed by atoms with Crippen molar-refractivity contribution in [2.75, 3.05) is 31.1 Å². The Hall–Kier alpha value is -4.83. The number of methoxy groups -OCH3 is 1. The summed E-state index contributed by atoms with van der Waals surface area (Å²) in [7, 11) is -2.66. The number of aryl methyl sites for hydroxylation is 1. The van der Waals surface area contributed by atoms with E-state index in [2.05, 4.69) is 5.32 Å². The highest BCUT2D eigenvalue weighted by Crippen LogP contribution is 2.27. The first-order valence-corrected chi connectivity index (χ1v) is 16.7. The van der Waals surface area contributed by atoms with Gasteiger partial charge in [-0.25, -0.2) is 8.42 Å². The summed E-state index contributed by atoms with van der Waals surface area (Å²) in [6.07, 6.45) is 0.235. The zero-order valence-corrected chi connectivity index (χ0v) is 27.5. The van der Waals surface area contributed by atoms with Crippen molar-refractivity contribution in [2.45, 2.75) is 44.7 Å². The normalized spacial score (nSPS) is 11.7. The molecule has 10 heteroatoms. The highest BCUT2D eigenvalue weighted by atomic mass is 32.2. The van der Waals surface area contributed by atoms with E-state index in [9.17, 15) is 18.0 Å². The van der Waals surface area contributed by atoms with Gasteiger partial charge in [0.05, 0.1) is 24.3 Å². The van der Waals surface area contributed by atoms with Gasteiger partial charge in [-0.3, -0.25) is 13.9 Å². The molecule has 1 unspecified atom stereocenters. The van der Waals surface area contributed by atoms with E-state index in [0.29, 0.717) is 30.3 Å². The molecule has 1 atom stereocenters. The lowest BCUT2D eigenvalue weighted by atomic mass is 10.0. The molecule has 0 bridgehead atoms. The average Bonchev–Trinajstić information content (AvgIpc) is 3.06. The number of rotatable bonds is 15. The first-order valence-electron chi connectivity index (χ1n) is 15.2. The number of carbonyl (C=O) groups is 2. The summed E-state index contributed by atoms with van der Waals surface area (Å²) in [6.45, 7) is 5.88. The number of anilines is 1. The highest BCUT2D eigenvalue weighted by Gasteiger charge is 2.34. The van der Waals surface area contributed by atoms with Crippen LogP contribution in [-0.4, -0.2) is 58.0 Å². The minimum Gasteiger partial charge on any atom is -0.497 e. The second-order valence-electron chi connectivity index (χ2n) is 10.7. The number of nitrogens with zero attached hydrogens (tertiary/aromatic N) is 2. The Balaban J connectivity index is 1.79. The van der Waals surface area contributed by atoms with Crippen molar-refractivity contribution < 1.29 is 27.5 Å². The van der Waals surface area contributed by atoms with Crippen LogP contribution in [0.1, 0.15) is 30.5 Å². The van der Waals surface area contributed by atoms with Crippen molar-refractivity contribution in [3.8, 4) is 11.5 Å². The van der Waals surface area contributed by atoms with Gasteiger partial charge in [-0.1, -0.05) is 60.2 Å². The number of nitrogens with one attached hydrogen (secondary N) is 1. The van der Waals surface area contributed by atoms with Crippen LogP contribution in [0.15, 0.2) is 108 Å². The largest absolute Gasteiger partial charge is 0.497 e. The highest BCUT2D eigenvalue weighted by molar-refractivity contribution is 7.92. The van der Waals surface area contributed by atoms with Crippen LogP contribution in [-0.2, 0) is 32.6 Å². The molecule has 0 heterocycles. The molecule has 4 rings (SSSR count). The molecule has 0 aliphatic heterocycles. The van der Waals surface area contributed by atoms with Gasteiger partial charge in [0.15, 0.2) is 0 Å². The van der Waals surface area contributed by atoms with Gasteiger partial charge in [0, 0.05) is 19.5 Å². The van der Waals surface area contributed by atoms with Crippen LogP contribution in [0.5, 0.6) is 11.5 Å².